The van der Waals surface area contributed by atoms with Gasteiger partial charge in [-0.25, -0.2) is 0 Å². The van der Waals surface area contributed by atoms with Crippen LogP contribution in [0.1, 0.15) is 78.7 Å². The molecule has 1 saturated heterocycles. The Morgan fingerprint density at radius 2 is 2.05 bits per heavy atom. The summed E-state index contributed by atoms with van der Waals surface area (Å²) in [5.41, 5.74) is -2.64. The summed E-state index contributed by atoms with van der Waals surface area (Å²) in [5, 5.41) is 9.60. The Morgan fingerprint density at radius 1 is 1.28 bits per heavy atom. The van der Waals surface area contributed by atoms with Crippen molar-refractivity contribution < 1.29 is 25.8 Å². The van der Waals surface area contributed by atoms with Gasteiger partial charge >= 0.3 is 12.2 Å². The van der Waals surface area contributed by atoms with Gasteiger partial charge in [0.2, 0.25) is 0 Å². The molecule has 0 spiro atoms. The number of ether oxygens (including phenoxy) is 1. The van der Waals surface area contributed by atoms with Gasteiger partial charge in [0.25, 0.3) is 5.56 Å². The van der Waals surface area contributed by atoms with E-state index in [2.05, 4.69) is 16.9 Å². The van der Waals surface area contributed by atoms with Crippen LogP contribution in [0.25, 0.3) is 16.6 Å². The Kier molecular flexibility index (Phi) is 8.20. The molecule has 0 bridgehead atoms. The zero-order valence-corrected chi connectivity index (χ0v) is 22.9. The summed E-state index contributed by atoms with van der Waals surface area (Å²) in [4.78, 5) is 24.4. The van der Waals surface area contributed by atoms with Gasteiger partial charge < -0.3 is 14.7 Å². The van der Waals surface area contributed by atoms with E-state index in [1.54, 1.807) is 7.05 Å². The first kappa shape index (κ1) is 26.4. The van der Waals surface area contributed by atoms with Crippen LogP contribution in [-0.4, -0.2) is 50.7 Å². The minimum absolute atomic E-state index is 0.170. The molecular weight excluding hydrogens is 533 g/mol. The van der Waals surface area contributed by atoms with Gasteiger partial charge in [0.15, 0.2) is 0 Å². The van der Waals surface area contributed by atoms with Crippen LogP contribution in [-0.2, 0) is 6.18 Å². The molecular formula is C28H34ClF3N4O3. The number of rotatable bonds is 10. The molecule has 1 unspecified atom stereocenters. The number of aromatic nitrogens is 3. The SMILES string of the molecule is [2H]C([2H])(Oc1nc(C(C)CCCCCC)c2ccn(-c3cc(O)cc(Cl)c3C(F)(F)F)c(=O)c2n1)[C@@H]1CCCN1C. The van der Waals surface area contributed by atoms with Gasteiger partial charge in [-0.2, -0.15) is 23.1 Å². The summed E-state index contributed by atoms with van der Waals surface area (Å²) in [6.07, 6.45) is 2.38. The highest BCUT2D eigenvalue weighted by atomic mass is 35.5. The number of unbranched alkanes of at least 4 members (excludes halogenated alkanes) is 3. The van der Waals surface area contributed by atoms with Crippen molar-refractivity contribution in [2.45, 2.75) is 76.9 Å². The predicted octanol–water partition coefficient (Wildman–Crippen LogP) is 6.71. The van der Waals surface area contributed by atoms with Crippen molar-refractivity contribution in [3.63, 3.8) is 0 Å². The zero-order valence-electron chi connectivity index (χ0n) is 24.2. The number of halogens is 4. The summed E-state index contributed by atoms with van der Waals surface area (Å²) in [6.45, 7) is 2.55. The fourth-order valence-corrected chi connectivity index (χ4v) is 5.29. The Labute approximate surface area is 233 Å². The Morgan fingerprint density at radius 3 is 2.72 bits per heavy atom. The van der Waals surface area contributed by atoms with Crippen molar-refractivity contribution in [3.05, 3.63) is 51.0 Å². The maximum Gasteiger partial charge on any atom is 0.419 e. The number of hydrogen-bond acceptors (Lipinski definition) is 6. The highest BCUT2D eigenvalue weighted by Gasteiger charge is 2.37. The first-order chi connectivity index (χ1) is 19.2. The van der Waals surface area contributed by atoms with E-state index in [1.165, 1.54) is 12.3 Å². The maximum absolute atomic E-state index is 14.0. The average Bonchev–Trinajstić information content (AvgIpc) is 3.32. The highest BCUT2D eigenvalue weighted by molar-refractivity contribution is 6.31. The van der Waals surface area contributed by atoms with Gasteiger partial charge in [-0.05, 0) is 50.9 Å². The lowest BCUT2D eigenvalue weighted by atomic mass is 9.96. The fraction of sp³-hybridized carbons (Fsp3) is 0.536. The molecule has 7 nitrogen and oxygen atoms in total. The van der Waals surface area contributed by atoms with Gasteiger partial charge in [-0.1, -0.05) is 51.1 Å². The van der Waals surface area contributed by atoms with Gasteiger partial charge in [0.1, 0.15) is 17.8 Å². The summed E-state index contributed by atoms with van der Waals surface area (Å²) in [6, 6.07) is 2.10. The number of phenolic OH excluding ortho intramolecular Hbond substituents is 1. The molecule has 3 aromatic rings. The van der Waals surface area contributed by atoms with Gasteiger partial charge in [-0.15, -0.1) is 0 Å². The van der Waals surface area contributed by atoms with Crippen LogP contribution >= 0.6 is 11.6 Å². The second kappa shape index (κ2) is 12.1. The second-order valence-electron chi connectivity index (χ2n) is 10.1. The Hall–Kier alpha value is -2.85. The standard InChI is InChI=1S/C28H34ClF3N4O3/c1-4-5-6-7-9-17(2)24-20-11-13-36(22-15-19(37)14-21(29)23(22)28(30,31)32)26(38)25(20)34-27(33-24)39-16-18-10-8-12-35(18)3/h11,13-15,17-18,37H,4-10,12,16H2,1-3H3/t17?,18-/m0/s1/i16D2. The quantitative estimate of drug-likeness (QED) is 0.274. The number of pyridine rings is 1. The maximum atomic E-state index is 14.0. The number of alkyl halides is 3. The van der Waals surface area contributed by atoms with Crippen LogP contribution in [0.3, 0.4) is 0 Å². The molecule has 2 aromatic heterocycles. The van der Waals surface area contributed by atoms with E-state index in [0.717, 1.165) is 55.2 Å². The van der Waals surface area contributed by atoms with E-state index < -0.39 is 46.4 Å². The minimum Gasteiger partial charge on any atom is -0.508 e. The molecule has 0 amide bonds. The summed E-state index contributed by atoms with van der Waals surface area (Å²) < 4.78 is 65.5. The number of aromatic hydroxyl groups is 1. The molecule has 2 atom stereocenters. The third-order valence-electron chi connectivity index (χ3n) is 7.13. The smallest absolute Gasteiger partial charge is 0.419 e. The number of fused-ring (bicyclic) bond motifs is 1. The van der Waals surface area contributed by atoms with E-state index in [9.17, 15) is 23.1 Å². The number of hydrogen-bond donors (Lipinski definition) is 1. The lowest BCUT2D eigenvalue weighted by Gasteiger charge is -2.20. The lowest BCUT2D eigenvalue weighted by Crippen LogP contribution is -2.31. The summed E-state index contributed by atoms with van der Waals surface area (Å²) in [5.74, 6) is -0.720. The fourth-order valence-electron chi connectivity index (χ4n) is 4.98. The molecule has 0 saturated carbocycles. The van der Waals surface area contributed by atoms with Crippen molar-refractivity contribution >= 4 is 22.5 Å². The molecule has 0 aliphatic carbocycles. The number of likely N-dealkylation sites (tertiary alicyclic amines) is 1. The number of benzene rings is 1. The number of phenols is 1. The van der Waals surface area contributed by atoms with Crippen LogP contribution in [0.2, 0.25) is 5.02 Å². The molecule has 3 heterocycles. The predicted molar refractivity (Wildman–Crippen MR) is 145 cm³/mol. The van der Waals surface area contributed by atoms with Crippen LogP contribution < -0.4 is 10.3 Å². The Bertz CT molecular complexity index is 1470. The molecule has 1 aromatic carbocycles. The van der Waals surface area contributed by atoms with Crippen LogP contribution in [0.15, 0.2) is 29.2 Å². The molecule has 1 aliphatic heterocycles. The molecule has 4 rings (SSSR count). The topological polar surface area (TPSA) is 80.5 Å². The third-order valence-corrected chi connectivity index (χ3v) is 7.43. The lowest BCUT2D eigenvalue weighted by molar-refractivity contribution is -0.137. The number of nitrogens with zero attached hydrogens (tertiary/aromatic N) is 4. The second-order valence-corrected chi connectivity index (χ2v) is 10.5. The van der Waals surface area contributed by atoms with Gasteiger partial charge in [0, 0.05) is 23.7 Å². The van der Waals surface area contributed by atoms with Gasteiger partial charge in [0.05, 0.1) is 24.7 Å². The molecule has 1 fully saturated rings. The third kappa shape index (κ3) is 6.49. The molecule has 0 radical (unpaired) electrons. The molecule has 212 valence electrons. The van der Waals surface area contributed by atoms with E-state index in [-0.39, 0.29) is 17.4 Å². The number of likely N-dealkylation sites (N-methyl/N-ethyl adjacent to an activating group) is 1. The van der Waals surface area contributed by atoms with Crippen molar-refractivity contribution in [1.29, 1.82) is 0 Å². The first-order valence-corrected chi connectivity index (χ1v) is 13.5. The van der Waals surface area contributed by atoms with E-state index >= 15 is 0 Å². The van der Waals surface area contributed by atoms with E-state index in [1.807, 2.05) is 11.8 Å². The van der Waals surface area contributed by atoms with E-state index in [0.29, 0.717) is 24.0 Å². The van der Waals surface area contributed by atoms with Crippen molar-refractivity contribution in [1.82, 2.24) is 19.4 Å². The van der Waals surface area contributed by atoms with Crippen molar-refractivity contribution in [3.8, 4) is 17.4 Å². The van der Waals surface area contributed by atoms with Crippen LogP contribution in [0, 0.1) is 0 Å². The largest absolute Gasteiger partial charge is 0.508 e. The van der Waals surface area contributed by atoms with Crippen LogP contribution in [0.5, 0.6) is 11.8 Å². The molecule has 1 N–H and O–H groups in total. The average molecular weight is 569 g/mol. The van der Waals surface area contributed by atoms with Crippen LogP contribution in [0.4, 0.5) is 13.2 Å². The minimum atomic E-state index is -4.92. The Balaban J connectivity index is 1.88. The summed E-state index contributed by atoms with van der Waals surface area (Å²) in [7, 11) is 1.79. The molecule has 39 heavy (non-hydrogen) atoms. The van der Waals surface area contributed by atoms with Gasteiger partial charge in [-0.3, -0.25) is 9.36 Å². The highest BCUT2D eigenvalue weighted by Crippen LogP contribution is 2.41. The van der Waals surface area contributed by atoms with E-state index in [4.69, 9.17) is 19.1 Å². The normalized spacial score (nSPS) is 18.3. The summed E-state index contributed by atoms with van der Waals surface area (Å²) >= 11 is 5.86. The van der Waals surface area contributed by atoms with Crippen molar-refractivity contribution in [2.75, 3.05) is 20.2 Å². The monoisotopic (exact) mass is 568 g/mol. The van der Waals surface area contributed by atoms with Crippen molar-refractivity contribution in [2.24, 2.45) is 0 Å². The zero-order chi connectivity index (χ0) is 30.1. The molecule has 11 heteroatoms. The first-order valence-electron chi connectivity index (χ1n) is 14.2. The molecule has 1 aliphatic rings.